The van der Waals surface area contributed by atoms with Crippen LogP contribution in [0.15, 0.2) is 66.7 Å². The van der Waals surface area contributed by atoms with Gasteiger partial charge in [0.15, 0.2) is 0 Å². The summed E-state index contributed by atoms with van der Waals surface area (Å²) in [5.41, 5.74) is 10.3. The molecule has 1 amide bonds. The van der Waals surface area contributed by atoms with Gasteiger partial charge >= 0.3 is 0 Å². The van der Waals surface area contributed by atoms with E-state index in [2.05, 4.69) is 10.0 Å². The molecule has 1 aliphatic rings. The van der Waals surface area contributed by atoms with Crippen molar-refractivity contribution in [1.29, 1.82) is 0 Å². The Bertz CT molecular complexity index is 1420. The van der Waals surface area contributed by atoms with E-state index in [1.807, 2.05) is 36.4 Å². The van der Waals surface area contributed by atoms with Crippen LogP contribution in [0.4, 0.5) is 5.69 Å². The number of aliphatic hydroxyl groups excluding tert-OH is 2. The number of sulfonamides is 1. The van der Waals surface area contributed by atoms with E-state index in [1.165, 1.54) is 0 Å². The van der Waals surface area contributed by atoms with Gasteiger partial charge in [-0.05, 0) is 91.6 Å². The van der Waals surface area contributed by atoms with Gasteiger partial charge in [-0.25, -0.2) is 13.1 Å². The number of rotatable bonds is 14. The number of carbonyl (C=O) groups excluding carboxylic acids is 1. The molecule has 1 fully saturated rings. The largest absolute Gasteiger partial charge is 0.490 e. The summed E-state index contributed by atoms with van der Waals surface area (Å²) in [6.45, 7) is 0.868. The first kappa shape index (κ1) is 37.3. The van der Waals surface area contributed by atoms with E-state index in [0.717, 1.165) is 60.8 Å². The quantitative estimate of drug-likeness (QED) is 0.122. The summed E-state index contributed by atoms with van der Waals surface area (Å²) in [6, 6.07) is 20.5. The molecule has 0 heterocycles. The van der Waals surface area contributed by atoms with E-state index in [-0.39, 0.29) is 55.3 Å². The number of halogens is 2. The molecule has 9 nitrogen and oxygen atoms in total. The molecule has 0 radical (unpaired) electrons. The summed E-state index contributed by atoms with van der Waals surface area (Å²) in [5, 5.41) is 22.6. The Kier molecular flexibility index (Phi) is 15.4. The minimum absolute atomic E-state index is 0. The number of nitrogen functional groups attached to an aromatic ring is 1. The van der Waals surface area contributed by atoms with Gasteiger partial charge in [-0.15, -0.1) is 24.8 Å². The lowest BCUT2D eigenvalue weighted by Crippen LogP contribution is -2.33. The van der Waals surface area contributed by atoms with Gasteiger partial charge in [0.25, 0.3) is 5.91 Å². The second-order valence-electron chi connectivity index (χ2n) is 10.7. The lowest BCUT2D eigenvalue weighted by molar-refractivity contribution is 0.0969. The number of amides is 1. The summed E-state index contributed by atoms with van der Waals surface area (Å²) in [5.74, 6) is -0.714. The number of aliphatic hydroxyl groups is 2. The molecular formula is C32H43Cl2N3O6S. The number of benzene rings is 3. The van der Waals surface area contributed by atoms with E-state index in [9.17, 15) is 18.3 Å². The van der Waals surface area contributed by atoms with E-state index < -0.39 is 22.0 Å². The van der Waals surface area contributed by atoms with Gasteiger partial charge in [0.2, 0.25) is 10.0 Å². The van der Waals surface area contributed by atoms with Gasteiger partial charge in [-0.3, -0.25) is 4.79 Å². The van der Waals surface area contributed by atoms with Crippen molar-refractivity contribution in [3.8, 4) is 16.9 Å². The first-order valence-corrected chi connectivity index (χ1v) is 16.2. The average molecular weight is 669 g/mol. The molecule has 0 unspecified atom stereocenters. The summed E-state index contributed by atoms with van der Waals surface area (Å²) >= 11 is 0. The Morgan fingerprint density at radius 3 is 2.27 bits per heavy atom. The monoisotopic (exact) mass is 667 g/mol. The van der Waals surface area contributed by atoms with E-state index in [1.54, 1.807) is 30.3 Å². The molecule has 6 N–H and O–H groups in total. The van der Waals surface area contributed by atoms with Gasteiger partial charge in [-0.2, -0.15) is 0 Å². The van der Waals surface area contributed by atoms with Crippen LogP contribution in [0, 0.1) is 0 Å². The van der Waals surface area contributed by atoms with Crippen LogP contribution in [0.25, 0.3) is 11.1 Å². The SMILES string of the molecule is Cl.Cl.Nc1ccc([C@H](O)CNCCc2ccc(-c3ccc(C(=O)NS(=O)(=O)CCCO)c(OC4CCCCC4)c3)cc2)cc1. The molecule has 3 aromatic rings. The van der Waals surface area contributed by atoms with Crippen molar-refractivity contribution in [1.82, 2.24) is 10.0 Å². The minimum Gasteiger partial charge on any atom is -0.490 e. The maximum absolute atomic E-state index is 13.0. The molecule has 1 saturated carbocycles. The Morgan fingerprint density at radius 1 is 0.955 bits per heavy atom. The topological polar surface area (TPSA) is 151 Å². The molecule has 0 bridgehead atoms. The Balaban J connectivity index is 0.00000337. The molecule has 3 aromatic carbocycles. The lowest BCUT2D eigenvalue weighted by Gasteiger charge is -2.24. The Labute approximate surface area is 272 Å². The van der Waals surface area contributed by atoms with Gasteiger partial charge in [0.1, 0.15) is 5.75 Å². The fourth-order valence-corrected chi connectivity index (χ4v) is 6.03. The standard InChI is InChI=1S/C32H41N3O6S.2ClH/c33-27-14-11-25(12-15-27)30(37)22-34-18-17-23-7-9-24(10-8-23)26-13-16-29(32(38)35-42(39,40)20-4-19-36)31(21-26)41-28-5-2-1-3-6-28;;/h7-16,21,28,30,34,36-37H,1-6,17-20,22,33H2,(H,35,38);2*1H/t30-;;/m1../s1. The highest BCUT2D eigenvalue weighted by Gasteiger charge is 2.23. The number of anilines is 1. The zero-order valence-electron chi connectivity index (χ0n) is 24.6. The summed E-state index contributed by atoms with van der Waals surface area (Å²) in [4.78, 5) is 13.0. The number of ether oxygens (including phenoxy) is 1. The second kappa shape index (κ2) is 18.2. The van der Waals surface area contributed by atoms with Crippen LogP contribution in [-0.2, 0) is 16.4 Å². The molecular weight excluding hydrogens is 625 g/mol. The van der Waals surface area contributed by atoms with Gasteiger partial charge in [0.05, 0.1) is 23.5 Å². The Morgan fingerprint density at radius 2 is 1.61 bits per heavy atom. The third kappa shape index (κ3) is 11.3. The van der Waals surface area contributed by atoms with Crippen molar-refractivity contribution in [3.05, 3.63) is 83.4 Å². The molecule has 0 aromatic heterocycles. The van der Waals surface area contributed by atoms with Crippen LogP contribution in [-0.4, -0.2) is 56.1 Å². The fraction of sp³-hybridized carbons (Fsp3) is 0.406. The van der Waals surface area contributed by atoms with Gasteiger partial charge in [-0.1, -0.05) is 48.9 Å². The molecule has 242 valence electrons. The van der Waals surface area contributed by atoms with Crippen molar-refractivity contribution < 1.29 is 28.2 Å². The first-order valence-electron chi connectivity index (χ1n) is 14.5. The summed E-state index contributed by atoms with van der Waals surface area (Å²) in [7, 11) is -3.88. The zero-order valence-corrected chi connectivity index (χ0v) is 27.1. The molecule has 0 spiro atoms. The smallest absolute Gasteiger partial charge is 0.268 e. The molecule has 1 atom stereocenters. The van der Waals surface area contributed by atoms with Crippen LogP contribution in [0.3, 0.4) is 0 Å². The van der Waals surface area contributed by atoms with Crippen molar-refractivity contribution in [2.24, 2.45) is 0 Å². The maximum atomic E-state index is 13.0. The third-order valence-corrected chi connectivity index (χ3v) is 8.75. The number of nitrogens with two attached hydrogens (primary N) is 1. The van der Waals surface area contributed by atoms with Crippen molar-refractivity contribution in [3.63, 3.8) is 0 Å². The molecule has 44 heavy (non-hydrogen) atoms. The predicted octanol–water partition coefficient (Wildman–Crippen LogP) is 4.80. The fourth-order valence-electron chi connectivity index (χ4n) is 5.02. The van der Waals surface area contributed by atoms with Crippen LogP contribution >= 0.6 is 24.8 Å². The maximum Gasteiger partial charge on any atom is 0.268 e. The summed E-state index contributed by atoms with van der Waals surface area (Å²) < 4.78 is 33.0. The third-order valence-electron chi connectivity index (χ3n) is 7.43. The van der Waals surface area contributed by atoms with Crippen LogP contribution < -0.4 is 20.5 Å². The Hall–Kier alpha value is -2.86. The first-order chi connectivity index (χ1) is 20.2. The lowest BCUT2D eigenvalue weighted by atomic mass is 9.97. The zero-order chi connectivity index (χ0) is 30.0. The highest BCUT2D eigenvalue weighted by Crippen LogP contribution is 2.31. The molecule has 1 aliphatic carbocycles. The second-order valence-corrected chi connectivity index (χ2v) is 12.6. The van der Waals surface area contributed by atoms with E-state index in [4.69, 9.17) is 15.6 Å². The minimum atomic E-state index is -3.88. The van der Waals surface area contributed by atoms with Gasteiger partial charge < -0.3 is 26.0 Å². The molecule has 4 rings (SSSR count). The van der Waals surface area contributed by atoms with Crippen molar-refractivity contribution in [2.45, 2.75) is 57.2 Å². The van der Waals surface area contributed by atoms with Crippen molar-refractivity contribution >= 4 is 46.4 Å². The van der Waals surface area contributed by atoms with Crippen molar-refractivity contribution in [2.75, 3.05) is 31.2 Å². The average Bonchev–Trinajstić information content (AvgIpc) is 2.99. The highest BCUT2D eigenvalue weighted by molar-refractivity contribution is 7.90. The van der Waals surface area contributed by atoms with E-state index >= 15 is 0 Å². The van der Waals surface area contributed by atoms with Gasteiger partial charge in [0, 0.05) is 18.8 Å². The van der Waals surface area contributed by atoms with Crippen LogP contribution in [0.1, 0.15) is 66.1 Å². The molecule has 0 aliphatic heterocycles. The molecule has 0 saturated heterocycles. The predicted molar refractivity (Wildman–Crippen MR) is 179 cm³/mol. The molecule has 12 heteroatoms. The normalized spacial score (nSPS) is 14.1. The van der Waals surface area contributed by atoms with Crippen LogP contribution in [0.5, 0.6) is 5.75 Å². The number of hydrogen-bond donors (Lipinski definition) is 5. The van der Waals surface area contributed by atoms with E-state index in [0.29, 0.717) is 24.5 Å². The number of hydrogen-bond acceptors (Lipinski definition) is 8. The summed E-state index contributed by atoms with van der Waals surface area (Å²) in [6.07, 6.45) is 5.24. The highest BCUT2D eigenvalue weighted by atomic mass is 35.5. The number of nitrogens with one attached hydrogen (secondary N) is 2. The number of carbonyl (C=O) groups is 1. The van der Waals surface area contributed by atoms with Crippen LogP contribution in [0.2, 0.25) is 0 Å².